The van der Waals surface area contributed by atoms with Gasteiger partial charge in [0, 0.05) is 19.8 Å². The van der Waals surface area contributed by atoms with Gasteiger partial charge in [-0.05, 0) is 0 Å². The second-order valence-electron chi connectivity index (χ2n) is 3.49. The van der Waals surface area contributed by atoms with Gasteiger partial charge in [0.15, 0.2) is 0 Å². The minimum absolute atomic E-state index is 0.114. The lowest BCUT2D eigenvalue weighted by Crippen LogP contribution is -2.23. The Hall–Kier alpha value is -1.89. The molecule has 0 radical (unpaired) electrons. The summed E-state index contributed by atoms with van der Waals surface area (Å²) in [6.07, 6.45) is 2.55. The quantitative estimate of drug-likeness (QED) is 0.460. The molecule has 0 aliphatic carbocycles. The maximum atomic E-state index is 11.0. The average Bonchev–Trinajstić information content (AvgIpc) is 2.34. The van der Waals surface area contributed by atoms with Crippen molar-refractivity contribution < 1.29 is 14.5 Å². The molecule has 0 bridgehead atoms. The summed E-state index contributed by atoms with van der Waals surface area (Å²) in [6.45, 7) is 0.261. The molecule has 0 aliphatic rings. The van der Waals surface area contributed by atoms with Crippen LogP contribution in [0.4, 0.5) is 11.4 Å². The molecule has 0 N–H and O–H groups in total. The van der Waals surface area contributed by atoms with Gasteiger partial charge in [-0.3, -0.25) is 19.9 Å². The van der Waals surface area contributed by atoms with Crippen LogP contribution < -0.4 is 4.90 Å². The third-order valence-electron chi connectivity index (χ3n) is 2.31. The molecule has 0 aromatic carbocycles. The van der Waals surface area contributed by atoms with Gasteiger partial charge in [0.25, 0.3) is 0 Å². The van der Waals surface area contributed by atoms with Crippen molar-refractivity contribution >= 4 is 28.9 Å². The molecule has 1 aromatic heterocycles. The van der Waals surface area contributed by atoms with Crippen LogP contribution in [0, 0.1) is 10.1 Å². The molecule has 1 rings (SSSR count). The van der Waals surface area contributed by atoms with Gasteiger partial charge >= 0.3 is 11.7 Å². The Morgan fingerprint density at radius 1 is 1.61 bits per heavy atom. The van der Waals surface area contributed by atoms with E-state index in [0.717, 1.165) is 6.20 Å². The second-order valence-corrected chi connectivity index (χ2v) is 3.90. The molecule has 0 saturated heterocycles. The predicted molar refractivity (Wildman–Crippen MR) is 65.8 cm³/mol. The second kappa shape index (κ2) is 6.15. The fourth-order valence-electron chi connectivity index (χ4n) is 1.40. The van der Waals surface area contributed by atoms with Crippen LogP contribution in [0.3, 0.4) is 0 Å². The van der Waals surface area contributed by atoms with Crippen LogP contribution in [0.1, 0.15) is 6.42 Å². The van der Waals surface area contributed by atoms with Gasteiger partial charge < -0.3 is 9.64 Å². The molecule has 7 nitrogen and oxygen atoms in total. The van der Waals surface area contributed by atoms with Crippen LogP contribution in [0.15, 0.2) is 12.4 Å². The highest BCUT2D eigenvalue weighted by molar-refractivity contribution is 6.33. The zero-order valence-corrected chi connectivity index (χ0v) is 10.7. The van der Waals surface area contributed by atoms with E-state index in [1.54, 1.807) is 7.05 Å². The largest absolute Gasteiger partial charge is 0.469 e. The fourth-order valence-corrected chi connectivity index (χ4v) is 1.70. The van der Waals surface area contributed by atoms with Crippen LogP contribution in [-0.2, 0) is 9.53 Å². The molecule has 1 heterocycles. The normalized spacial score (nSPS) is 9.94. The van der Waals surface area contributed by atoms with Crippen LogP contribution in [0.5, 0.6) is 0 Å². The number of carbonyl (C=O) groups excluding carboxylic acids is 1. The Morgan fingerprint density at radius 2 is 2.28 bits per heavy atom. The van der Waals surface area contributed by atoms with Crippen molar-refractivity contribution in [3.05, 3.63) is 27.5 Å². The molecule has 0 aliphatic heterocycles. The summed E-state index contributed by atoms with van der Waals surface area (Å²) in [7, 11) is 2.89. The fraction of sp³-hybridized carbons (Fsp3) is 0.400. The summed E-state index contributed by atoms with van der Waals surface area (Å²) in [5, 5.41) is 11.0. The number of halogens is 1. The number of hydrogen-bond donors (Lipinski definition) is 0. The van der Waals surface area contributed by atoms with Gasteiger partial charge in [0.05, 0.1) is 23.5 Å². The molecule has 1 aromatic rings. The van der Waals surface area contributed by atoms with Crippen molar-refractivity contribution in [2.24, 2.45) is 0 Å². The zero-order chi connectivity index (χ0) is 13.7. The van der Waals surface area contributed by atoms with E-state index in [9.17, 15) is 14.9 Å². The van der Waals surface area contributed by atoms with Gasteiger partial charge in [0.1, 0.15) is 11.9 Å². The molecule has 8 heteroatoms. The number of pyridine rings is 1. The summed E-state index contributed by atoms with van der Waals surface area (Å²) >= 11 is 5.89. The first-order valence-corrected chi connectivity index (χ1v) is 5.41. The molecule has 0 saturated carbocycles. The first-order valence-electron chi connectivity index (χ1n) is 5.03. The summed E-state index contributed by atoms with van der Waals surface area (Å²) < 4.78 is 4.50. The van der Waals surface area contributed by atoms with Crippen molar-refractivity contribution in [3.8, 4) is 0 Å². The number of aromatic nitrogens is 1. The lowest BCUT2D eigenvalue weighted by molar-refractivity contribution is -0.384. The van der Waals surface area contributed by atoms with Crippen molar-refractivity contribution in [2.75, 3.05) is 25.6 Å². The monoisotopic (exact) mass is 273 g/mol. The highest BCUT2D eigenvalue weighted by Gasteiger charge is 2.21. The zero-order valence-electron chi connectivity index (χ0n) is 9.92. The summed E-state index contributed by atoms with van der Waals surface area (Å²) in [5.41, 5.74) is 0.0374. The number of ether oxygens (including phenoxy) is 1. The summed E-state index contributed by atoms with van der Waals surface area (Å²) in [4.78, 5) is 26.5. The number of hydrogen-bond acceptors (Lipinski definition) is 6. The van der Waals surface area contributed by atoms with Crippen LogP contribution in [-0.4, -0.2) is 36.6 Å². The number of nitro groups is 1. The molecule has 0 amide bonds. The third-order valence-corrected chi connectivity index (χ3v) is 2.59. The Labute approximate surface area is 108 Å². The third kappa shape index (κ3) is 3.30. The SMILES string of the molecule is COC(=O)CCN(C)c1c(Cl)cncc1[N+](=O)[O-]. The maximum Gasteiger partial charge on any atom is 0.312 e. The Bertz CT molecular complexity index is 466. The summed E-state index contributed by atoms with van der Waals surface area (Å²) in [6, 6.07) is 0. The molecule has 0 fully saturated rings. The van der Waals surface area contributed by atoms with Gasteiger partial charge in [-0.2, -0.15) is 0 Å². The van der Waals surface area contributed by atoms with Crippen molar-refractivity contribution in [3.63, 3.8) is 0 Å². The number of methoxy groups -OCH3 is 1. The highest BCUT2D eigenvalue weighted by Crippen LogP contribution is 2.33. The standard InChI is InChI=1S/C10H12ClN3O4/c1-13(4-3-9(15)18-2)10-7(11)5-12-6-8(10)14(16)17/h5-6H,3-4H2,1-2H3. The van der Waals surface area contributed by atoms with Gasteiger partial charge in [-0.25, -0.2) is 0 Å². The molecule has 18 heavy (non-hydrogen) atoms. The number of nitrogens with zero attached hydrogens (tertiary/aromatic N) is 3. The maximum absolute atomic E-state index is 11.0. The minimum atomic E-state index is -0.567. The van der Waals surface area contributed by atoms with Crippen LogP contribution >= 0.6 is 11.6 Å². The van der Waals surface area contributed by atoms with E-state index in [1.165, 1.54) is 18.2 Å². The lowest BCUT2D eigenvalue weighted by atomic mass is 10.3. The lowest BCUT2D eigenvalue weighted by Gasteiger charge is -2.19. The first-order chi connectivity index (χ1) is 8.47. The van der Waals surface area contributed by atoms with Gasteiger partial charge in [-0.1, -0.05) is 11.6 Å². The van der Waals surface area contributed by atoms with E-state index in [2.05, 4.69) is 9.72 Å². The van der Waals surface area contributed by atoms with E-state index >= 15 is 0 Å². The van der Waals surface area contributed by atoms with E-state index in [4.69, 9.17) is 11.6 Å². The summed E-state index contributed by atoms with van der Waals surface area (Å²) in [5.74, 6) is -0.394. The Balaban J connectivity index is 2.94. The molecular weight excluding hydrogens is 262 g/mol. The first kappa shape index (κ1) is 14.2. The molecule has 0 unspecified atom stereocenters. The molecule has 98 valence electrons. The van der Waals surface area contributed by atoms with E-state index in [0.29, 0.717) is 0 Å². The molecular formula is C10H12ClN3O4. The van der Waals surface area contributed by atoms with Crippen molar-refractivity contribution in [1.82, 2.24) is 4.98 Å². The van der Waals surface area contributed by atoms with E-state index in [-0.39, 0.29) is 29.4 Å². The van der Waals surface area contributed by atoms with Gasteiger partial charge in [-0.15, -0.1) is 0 Å². The predicted octanol–water partition coefficient (Wildman–Crippen LogP) is 1.64. The number of carbonyl (C=O) groups is 1. The number of anilines is 1. The van der Waals surface area contributed by atoms with E-state index < -0.39 is 10.9 Å². The smallest absolute Gasteiger partial charge is 0.312 e. The van der Waals surface area contributed by atoms with Gasteiger partial charge in [0.2, 0.25) is 0 Å². The Kier molecular flexibility index (Phi) is 4.85. The van der Waals surface area contributed by atoms with Crippen LogP contribution in [0.25, 0.3) is 0 Å². The Morgan fingerprint density at radius 3 is 2.83 bits per heavy atom. The van der Waals surface area contributed by atoms with Crippen molar-refractivity contribution in [1.29, 1.82) is 0 Å². The topological polar surface area (TPSA) is 85.6 Å². The minimum Gasteiger partial charge on any atom is -0.469 e. The average molecular weight is 274 g/mol. The van der Waals surface area contributed by atoms with E-state index in [1.807, 2.05) is 0 Å². The highest BCUT2D eigenvalue weighted by atomic mass is 35.5. The molecule has 0 spiro atoms. The van der Waals surface area contributed by atoms with Crippen molar-refractivity contribution in [2.45, 2.75) is 6.42 Å². The number of esters is 1. The van der Waals surface area contributed by atoms with Crippen LogP contribution in [0.2, 0.25) is 5.02 Å². The number of rotatable bonds is 5. The molecule has 0 atom stereocenters.